The van der Waals surface area contributed by atoms with Crippen molar-refractivity contribution in [2.45, 2.75) is 0 Å². The third kappa shape index (κ3) is 3.68. The van der Waals surface area contributed by atoms with E-state index in [-0.39, 0.29) is 0 Å². The van der Waals surface area contributed by atoms with Gasteiger partial charge in [0.1, 0.15) is 22.3 Å². The average Bonchev–Trinajstić information content (AvgIpc) is 3.40. The number of hydrogen-bond donors (Lipinski definition) is 0. The first-order valence-electron chi connectivity index (χ1n) is 16.9. The first-order chi connectivity index (χ1) is 24.7. The van der Waals surface area contributed by atoms with Gasteiger partial charge in [0, 0.05) is 37.5 Å². The van der Waals surface area contributed by atoms with Gasteiger partial charge >= 0.3 is 0 Å². The smallest absolute Gasteiger partial charge is 0.172 e. The Bertz CT molecular complexity index is 3030. The molecule has 0 aliphatic rings. The van der Waals surface area contributed by atoms with Crippen molar-refractivity contribution in [2.24, 2.45) is 0 Å². The second-order valence-corrected chi connectivity index (χ2v) is 15.8. The van der Waals surface area contributed by atoms with Crippen LogP contribution in [0.4, 0.5) is 0 Å². The predicted molar refractivity (Wildman–Crippen MR) is 210 cm³/mol. The Morgan fingerprint density at radius 2 is 0.700 bits per heavy atom. The molecule has 0 fully saturated rings. The summed E-state index contributed by atoms with van der Waals surface area (Å²) in [6, 6.07) is 55.9. The Labute approximate surface area is 286 Å². The fourth-order valence-corrected chi connectivity index (χ4v) is 11.4. The molecule has 50 heavy (non-hydrogen) atoms. The zero-order valence-corrected chi connectivity index (χ0v) is 27.7. The van der Waals surface area contributed by atoms with Crippen molar-refractivity contribution in [1.29, 1.82) is 0 Å². The summed E-state index contributed by atoms with van der Waals surface area (Å²) in [6.07, 6.45) is 0. The fourth-order valence-electron chi connectivity index (χ4n) is 8.40. The molecule has 234 valence electrons. The van der Waals surface area contributed by atoms with Crippen molar-refractivity contribution in [3.8, 4) is 0 Å². The largest absolute Gasteiger partial charge is 0.456 e. The van der Waals surface area contributed by atoms with Crippen LogP contribution in [0.15, 0.2) is 173 Å². The van der Waals surface area contributed by atoms with E-state index in [1.807, 2.05) is 78.9 Å². The van der Waals surface area contributed by atoms with Gasteiger partial charge in [0.05, 0.1) is 0 Å². The number of hydrogen-bond acceptors (Lipinski definition) is 3. The second kappa shape index (κ2) is 10.2. The maximum Gasteiger partial charge on any atom is 0.172 e. The summed E-state index contributed by atoms with van der Waals surface area (Å²) < 4.78 is 30.0. The van der Waals surface area contributed by atoms with E-state index >= 15 is 4.57 Å². The van der Waals surface area contributed by atoms with Crippen LogP contribution >= 0.6 is 7.14 Å². The van der Waals surface area contributed by atoms with Gasteiger partial charge in [-0.05, 0) is 79.5 Å². The SMILES string of the molecule is O=P(c1ccccc1)(c1ccc2oc3cccc4cccc(c5cccc1c25)c43)c1ccc2oc3cccc4cccc(c5cccc1c25)c43. The number of fused-ring (bicyclic) bond motifs is 2. The third-order valence-corrected chi connectivity index (χ3v) is 13.7. The number of rotatable bonds is 3. The van der Waals surface area contributed by atoms with E-state index in [1.165, 1.54) is 0 Å². The maximum absolute atomic E-state index is 16.6. The molecule has 0 unspecified atom stereocenters. The third-order valence-electron chi connectivity index (χ3n) is 10.5. The molecule has 3 nitrogen and oxygen atoms in total. The minimum absolute atomic E-state index is 0.760. The molecular weight excluding hydrogens is 631 g/mol. The van der Waals surface area contributed by atoms with E-state index in [9.17, 15) is 0 Å². The van der Waals surface area contributed by atoms with Gasteiger partial charge in [-0.1, -0.05) is 127 Å². The van der Waals surface area contributed by atoms with Crippen LogP contribution in [0.1, 0.15) is 0 Å². The Kier molecular flexibility index (Phi) is 5.65. The summed E-state index contributed by atoms with van der Waals surface area (Å²) in [5.41, 5.74) is 3.17. The van der Waals surface area contributed by atoms with Gasteiger partial charge in [0.2, 0.25) is 0 Å². The van der Waals surface area contributed by atoms with Crippen LogP contribution < -0.4 is 15.9 Å². The molecule has 0 spiro atoms. The molecule has 0 N–H and O–H groups in total. The monoisotopic (exact) mass is 658 g/mol. The van der Waals surface area contributed by atoms with Gasteiger partial charge in [0.25, 0.3) is 0 Å². The van der Waals surface area contributed by atoms with Gasteiger partial charge in [-0.2, -0.15) is 0 Å². The van der Waals surface area contributed by atoms with Crippen LogP contribution in [0.3, 0.4) is 0 Å². The molecule has 0 atom stereocenters. The van der Waals surface area contributed by atoms with E-state index in [0.717, 1.165) is 103 Å². The molecule has 11 rings (SSSR count). The Balaban J connectivity index is 1.31. The van der Waals surface area contributed by atoms with Gasteiger partial charge in [-0.3, -0.25) is 0 Å². The zero-order valence-electron chi connectivity index (χ0n) is 26.8. The van der Waals surface area contributed by atoms with Crippen molar-refractivity contribution in [3.05, 3.63) is 164 Å². The number of benzene rings is 9. The summed E-state index contributed by atoms with van der Waals surface area (Å²) >= 11 is 0. The average molecular weight is 659 g/mol. The first-order valence-corrected chi connectivity index (χ1v) is 18.6. The maximum atomic E-state index is 16.6. The van der Waals surface area contributed by atoms with E-state index in [4.69, 9.17) is 8.83 Å². The molecule has 0 saturated carbocycles. The van der Waals surface area contributed by atoms with Crippen LogP contribution in [0.5, 0.6) is 0 Å². The molecule has 0 aliphatic carbocycles. The highest BCUT2D eigenvalue weighted by molar-refractivity contribution is 7.86. The van der Waals surface area contributed by atoms with E-state index in [0.29, 0.717) is 0 Å². The summed E-state index contributed by atoms with van der Waals surface area (Å²) in [6.45, 7) is 0. The predicted octanol–water partition coefficient (Wildman–Crippen LogP) is 11.7. The zero-order chi connectivity index (χ0) is 33.0. The topological polar surface area (TPSA) is 43.4 Å². The summed E-state index contributed by atoms with van der Waals surface area (Å²) in [7, 11) is -3.52. The Morgan fingerprint density at radius 3 is 1.18 bits per heavy atom. The second-order valence-electron chi connectivity index (χ2n) is 13.1. The molecular formula is C46H27O3P. The first kappa shape index (κ1) is 27.8. The Hall–Kier alpha value is -6.15. The molecule has 2 aromatic heterocycles. The van der Waals surface area contributed by atoms with Gasteiger partial charge in [-0.25, -0.2) is 0 Å². The molecule has 11 aromatic rings. The molecule has 0 saturated heterocycles. The lowest BCUT2D eigenvalue weighted by molar-refractivity contribution is 0.593. The van der Waals surface area contributed by atoms with Crippen molar-refractivity contribution >= 4 is 110 Å². The lowest BCUT2D eigenvalue weighted by atomic mass is 9.99. The van der Waals surface area contributed by atoms with Gasteiger partial charge in [0.15, 0.2) is 7.14 Å². The molecule has 0 aliphatic heterocycles. The van der Waals surface area contributed by atoms with E-state index < -0.39 is 7.14 Å². The minimum atomic E-state index is -3.52. The standard InChI is InChI=1S/C46H27O3P/c47-50(30-14-2-1-3-15-30,41-26-24-39-45-33(18-8-20-35(41)45)31-16-4-10-28-12-6-22-37(48-39)43(28)31)42-27-25-40-46-34(19-9-21-36(42)46)32-17-5-11-29-13-7-23-38(49-40)44(29)32/h1-27H. The molecule has 0 radical (unpaired) electrons. The molecule has 4 heteroatoms. The lowest BCUT2D eigenvalue weighted by Crippen LogP contribution is -2.26. The summed E-state index contributed by atoms with van der Waals surface area (Å²) in [5.74, 6) is 0. The highest BCUT2D eigenvalue weighted by Gasteiger charge is 2.34. The molecule has 0 bridgehead atoms. The summed E-state index contributed by atoms with van der Waals surface area (Å²) in [4.78, 5) is 0. The van der Waals surface area contributed by atoms with Crippen molar-refractivity contribution < 1.29 is 13.4 Å². The normalized spacial score (nSPS) is 12.5. The minimum Gasteiger partial charge on any atom is -0.456 e. The molecule has 0 amide bonds. The Morgan fingerprint density at radius 1 is 0.320 bits per heavy atom. The van der Waals surface area contributed by atoms with Crippen molar-refractivity contribution in [1.82, 2.24) is 0 Å². The molecule has 2 heterocycles. The van der Waals surface area contributed by atoms with Crippen molar-refractivity contribution in [2.75, 3.05) is 0 Å². The van der Waals surface area contributed by atoms with Crippen LogP contribution in [0.2, 0.25) is 0 Å². The van der Waals surface area contributed by atoms with Gasteiger partial charge < -0.3 is 13.4 Å². The summed E-state index contributed by atoms with van der Waals surface area (Å²) in [5, 5.41) is 14.9. The van der Waals surface area contributed by atoms with E-state index in [2.05, 4.69) is 84.9 Å². The van der Waals surface area contributed by atoms with Gasteiger partial charge in [-0.15, -0.1) is 0 Å². The molecule has 9 aromatic carbocycles. The highest BCUT2D eigenvalue weighted by Crippen LogP contribution is 2.49. The lowest BCUT2D eigenvalue weighted by Gasteiger charge is -2.23. The van der Waals surface area contributed by atoms with Crippen molar-refractivity contribution in [3.63, 3.8) is 0 Å². The van der Waals surface area contributed by atoms with Crippen LogP contribution in [-0.4, -0.2) is 0 Å². The van der Waals surface area contributed by atoms with Crippen LogP contribution in [0, 0.1) is 0 Å². The quantitative estimate of drug-likeness (QED) is 0.177. The highest BCUT2D eigenvalue weighted by atomic mass is 31.2. The fraction of sp³-hybridized carbons (Fsp3) is 0. The van der Waals surface area contributed by atoms with Crippen LogP contribution in [-0.2, 0) is 4.57 Å². The van der Waals surface area contributed by atoms with Crippen LogP contribution in [0.25, 0.3) is 87.0 Å². The van der Waals surface area contributed by atoms with E-state index in [1.54, 1.807) is 0 Å².